The van der Waals surface area contributed by atoms with Gasteiger partial charge < -0.3 is 30.3 Å². The summed E-state index contributed by atoms with van der Waals surface area (Å²) in [6, 6.07) is 0. The molecule has 0 amide bonds. The second kappa shape index (κ2) is 4.42. The molecule has 1 fully saturated rings. The number of carbonyl (C=O) groups is 1. The van der Waals surface area contributed by atoms with Crippen molar-refractivity contribution in [2.24, 2.45) is 0 Å². The van der Waals surface area contributed by atoms with Crippen LogP contribution in [0.5, 0.6) is 0 Å². The summed E-state index contributed by atoms with van der Waals surface area (Å²) in [5.41, 5.74) is 0. The first-order chi connectivity index (χ1) is 6.90. The monoisotopic (exact) mass is 222 g/mol. The predicted molar refractivity (Wildman–Crippen MR) is 45.8 cm³/mol. The van der Waals surface area contributed by atoms with Crippen molar-refractivity contribution in [2.45, 2.75) is 36.9 Å². The number of hydrogen-bond donors (Lipinski definition) is 5. The molecule has 0 aromatic heterocycles. The molecule has 0 spiro atoms. The summed E-state index contributed by atoms with van der Waals surface area (Å²) in [5, 5.41) is 45.5. The van der Waals surface area contributed by atoms with E-state index in [0.29, 0.717) is 0 Å². The molecule has 0 radical (unpaired) electrons. The van der Waals surface area contributed by atoms with Gasteiger partial charge in [0.2, 0.25) is 0 Å². The zero-order valence-corrected chi connectivity index (χ0v) is 7.91. The molecule has 1 aliphatic rings. The van der Waals surface area contributed by atoms with Gasteiger partial charge in [-0.25, -0.2) is 4.79 Å². The Morgan fingerprint density at radius 1 is 1.47 bits per heavy atom. The third-order valence-electron chi connectivity index (χ3n) is 2.36. The van der Waals surface area contributed by atoms with Crippen LogP contribution >= 0.6 is 0 Å². The molecule has 15 heavy (non-hydrogen) atoms. The Hall–Kier alpha value is -0.730. The number of aliphatic carboxylic acids is 1. The predicted octanol–water partition coefficient (Wildman–Crippen LogP) is -2.35. The van der Waals surface area contributed by atoms with E-state index in [1.54, 1.807) is 0 Å². The highest BCUT2D eigenvalue weighted by atomic mass is 16.7. The van der Waals surface area contributed by atoms with Gasteiger partial charge in [0, 0.05) is 13.0 Å². The number of ether oxygens (including phenoxy) is 1. The molecule has 0 bridgehead atoms. The molecule has 1 saturated heterocycles. The van der Waals surface area contributed by atoms with E-state index in [4.69, 9.17) is 14.9 Å². The molecule has 2 unspecified atom stereocenters. The number of carboxylic acids is 1. The number of hydrogen-bond acceptors (Lipinski definition) is 6. The van der Waals surface area contributed by atoms with Crippen molar-refractivity contribution in [3.05, 3.63) is 0 Å². The minimum absolute atomic E-state index is 0.0617. The van der Waals surface area contributed by atoms with E-state index >= 15 is 0 Å². The summed E-state index contributed by atoms with van der Waals surface area (Å²) in [6.07, 6.45) is -4.47. The van der Waals surface area contributed by atoms with Crippen molar-refractivity contribution in [3.63, 3.8) is 0 Å². The van der Waals surface area contributed by atoms with Gasteiger partial charge in [-0.1, -0.05) is 0 Å². The number of carboxylic acid groups (broad SMARTS) is 1. The topological polar surface area (TPSA) is 127 Å². The Balaban J connectivity index is 2.78. The highest BCUT2D eigenvalue weighted by Gasteiger charge is 2.49. The van der Waals surface area contributed by atoms with Crippen LogP contribution in [0.15, 0.2) is 0 Å². The molecular formula is C8H14O7. The molecule has 0 aromatic rings. The van der Waals surface area contributed by atoms with Crippen molar-refractivity contribution in [2.75, 3.05) is 6.61 Å². The lowest BCUT2D eigenvalue weighted by Gasteiger charge is -2.39. The summed E-state index contributed by atoms with van der Waals surface area (Å²) in [5.74, 6) is -4.13. The summed E-state index contributed by atoms with van der Waals surface area (Å²) >= 11 is 0. The molecule has 7 nitrogen and oxygen atoms in total. The normalized spacial score (nSPS) is 41.5. The van der Waals surface area contributed by atoms with Crippen LogP contribution in [0, 0.1) is 0 Å². The van der Waals surface area contributed by atoms with Gasteiger partial charge in [-0.05, 0) is 6.42 Å². The highest BCUT2D eigenvalue weighted by Crippen LogP contribution is 2.29. The van der Waals surface area contributed by atoms with Crippen LogP contribution in [0.25, 0.3) is 0 Å². The molecule has 4 atom stereocenters. The van der Waals surface area contributed by atoms with Crippen molar-refractivity contribution in [1.29, 1.82) is 0 Å². The first-order valence-corrected chi connectivity index (χ1v) is 4.51. The average Bonchev–Trinajstić information content (AvgIpc) is 2.14. The second-order valence-electron chi connectivity index (χ2n) is 3.52. The minimum Gasteiger partial charge on any atom is -0.477 e. The smallest absolute Gasteiger partial charge is 0.364 e. The SMILES string of the molecule is O=C(O)C1(O)C[C@@H](O)[C@@H](O)C(CCO)O1. The van der Waals surface area contributed by atoms with Gasteiger partial charge in [0.25, 0.3) is 5.79 Å². The van der Waals surface area contributed by atoms with E-state index in [-0.39, 0.29) is 13.0 Å². The Morgan fingerprint density at radius 2 is 2.07 bits per heavy atom. The maximum Gasteiger partial charge on any atom is 0.364 e. The van der Waals surface area contributed by atoms with Gasteiger partial charge in [0.15, 0.2) is 0 Å². The van der Waals surface area contributed by atoms with E-state index in [1.165, 1.54) is 0 Å². The van der Waals surface area contributed by atoms with Gasteiger partial charge in [-0.2, -0.15) is 0 Å². The van der Waals surface area contributed by atoms with Crippen LogP contribution in [-0.2, 0) is 9.53 Å². The Labute approximate surface area is 85.5 Å². The largest absolute Gasteiger partial charge is 0.477 e. The molecule has 7 heteroatoms. The number of aliphatic hydroxyl groups excluding tert-OH is 3. The zero-order valence-electron chi connectivity index (χ0n) is 7.91. The second-order valence-corrected chi connectivity index (χ2v) is 3.52. The van der Waals surface area contributed by atoms with E-state index in [2.05, 4.69) is 0 Å². The molecule has 5 N–H and O–H groups in total. The molecule has 88 valence electrons. The molecule has 0 saturated carbocycles. The van der Waals surface area contributed by atoms with Gasteiger partial charge in [-0.15, -0.1) is 0 Å². The fourth-order valence-corrected chi connectivity index (χ4v) is 1.51. The molecule has 0 aromatic carbocycles. The third-order valence-corrected chi connectivity index (χ3v) is 2.36. The first kappa shape index (κ1) is 12.3. The van der Waals surface area contributed by atoms with Gasteiger partial charge >= 0.3 is 5.97 Å². The van der Waals surface area contributed by atoms with Crippen LogP contribution in [0.4, 0.5) is 0 Å². The highest BCUT2D eigenvalue weighted by molar-refractivity contribution is 5.75. The fourth-order valence-electron chi connectivity index (χ4n) is 1.51. The molecule has 1 rings (SSSR count). The van der Waals surface area contributed by atoms with Crippen LogP contribution in [0.2, 0.25) is 0 Å². The van der Waals surface area contributed by atoms with Crippen molar-refractivity contribution >= 4 is 5.97 Å². The van der Waals surface area contributed by atoms with E-state index in [1.807, 2.05) is 0 Å². The lowest BCUT2D eigenvalue weighted by molar-refractivity contribution is -0.295. The maximum absolute atomic E-state index is 10.6. The number of rotatable bonds is 3. The summed E-state index contributed by atoms with van der Waals surface area (Å²) in [4.78, 5) is 10.6. The van der Waals surface area contributed by atoms with Gasteiger partial charge in [-0.3, -0.25) is 0 Å². The number of aliphatic hydroxyl groups is 4. The Morgan fingerprint density at radius 3 is 2.53 bits per heavy atom. The quantitative estimate of drug-likeness (QED) is 0.362. The molecule has 0 aliphatic carbocycles. The lowest BCUT2D eigenvalue weighted by atomic mass is 9.94. The fraction of sp³-hybridized carbons (Fsp3) is 0.875. The van der Waals surface area contributed by atoms with Crippen LogP contribution in [0.3, 0.4) is 0 Å². The molecule has 1 aliphatic heterocycles. The lowest BCUT2D eigenvalue weighted by Crippen LogP contribution is -2.58. The zero-order chi connectivity index (χ0) is 11.6. The molecular weight excluding hydrogens is 208 g/mol. The van der Waals surface area contributed by atoms with E-state index in [9.17, 15) is 20.1 Å². The maximum atomic E-state index is 10.6. The van der Waals surface area contributed by atoms with E-state index in [0.717, 1.165) is 0 Å². The molecule has 1 heterocycles. The standard InChI is InChI=1S/C8H14O7/c9-2-1-5-6(11)4(10)3-8(14,15-5)7(12)13/h4-6,9-11,14H,1-3H2,(H,12,13)/t4-,5?,6-,8?/m1/s1. The van der Waals surface area contributed by atoms with Crippen molar-refractivity contribution in [1.82, 2.24) is 0 Å². The Kier molecular flexibility index (Phi) is 3.63. The van der Waals surface area contributed by atoms with Crippen LogP contribution in [-0.4, -0.2) is 62.2 Å². The first-order valence-electron chi connectivity index (χ1n) is 4.51. The third kappa shape index (κ3) is 2.44. The summed E-state index contributed by atoms with van der Waals surface area (Å²) < 4.78 is 4.74. The summed E-state index contributed by atoms with van der Waals surface area (Å²) in [7, 11) is 0. The van der Waals surface area contributed by atoms with E-state index < -0.39 is 36.5 Å². The van der Waals surface area contributed by atoms with Crippen LogP contribution in [0.1, 0.15) is 12.8 Å². The van der Waals surface area contributed by atoms with Gasteiger partial charge in [0.1, 0.15) is 6.10 Å². The van der Waals surface area contributed by atoms with Crippen LogP contribution < -0.4 is 0 Å². The minimum atomic E-state index is -2.50. The summed E-state index contributed by atoms with van der Waals surface area (Å²) in [6.45, 7) is -0.343. The Bertz CT molecular complexity index is 243. The average molecular weight is 222 g/mol. The van der Waals surface area contributed by atoms with Crippen molar-refractivity contribution in [3.8, 4) is 0 Å². The van der Waals surface area contributed by atoms with Crippen molar-refractivity contribution < 1.29 is 35.1 Å². The van der Waals surface area contributed by atoms with Gasteiger partial charge in [0.05, 0.1) is 12.2 Å².